The topological polar surface area (TPSA) is 103 Å². The molecule has 2 aromatic rings. The second-order valence-corrected chi connectivity index (χ2v) is 7.83. The highest BCUT2D eigenvalue weighted by Crippen LogP contribution is 2.37. The van der Waals surface area contributed by atoms with Gasteiger partial charge in [0.1, 0.15) is 5.82 Å². The van der Waals surface area contributed by atoms with Gasteiger partial charge in [0.2, 0.25) is 5.95 Å². The summed E-state index contributed by atoms with van der Waals surface area (Å²) in [4.78, 5) is 14.0. The molecule has 0 bridgehead atoms. The number of hydrogen-bond donors (Lipinski definition) is 4. The van der Waals surface area contributed by atoms with Crippen LogP contribution in [0.2, 0.25) is 0 Å². The summed E-state index contributed by atoms with van der Waals surface area (Å²) in [7, 11) is 0. The van der Waals surface area contributed by atoms with Crippen LogP contribution in [-0.4, -0.2) is 50.5 Å². The Morgan fingerprint density at radius 3 is 2.64 bits per heavy atom. The van der Waals surface area contributed by atoms with Crippen LogP contribution in [0.5, 0.6) is 0 Å². The highest BCUT2D eigenvalue weighted by molar-refractivity contribution is 5.91. The van der Waals surface area contributed by atoms with Crippen LogP contribution in [0.25, 0.3) is 10.9 Å². The van der Waals surface area contributed by atoms with E-state index in [4.69, 9.17) is 10.1 Å². The van der Waals surface area contributed by atoms with Gasteiger partial charge in [0.15, 0.2) is 0 Å². The largest absolute Gasteiger partial charge is 0.396 e. The van der Waals surface area contributed by atoms with Crippen LogP contribution in [0.15, 0.2) is 12.4 Å². The quantitative estimate of drug-likeness (QED) is 0.489. The van der Waals surface area contributed by atoms with E-state index in [1.807, 2.05) is 12.4 Å². The van der Waals surface area contributed by atoms with Gasteiger partial charge in [-0.15, -0.1) is 0 Å². The number of rotatable bonds is 9. The van der Waals surface area contributed by atoms with Gasteiger partial charge >= 0.3 is 0 Å². The Labute approximate surface area is 167 Å². The lowest BCUT2D eigenvalue weighted by molar-refractivity contribution is 0.122. The number of hydrogen-bond acceptors (Lipinski definition) is 7. The molecule has 1 fully saturated rings. The average molecular weight is 388 g/mol. The summed E-state index contributed by atoms with van der Waals surface area (Å²) >= 11 is 0. The molecule has 0 unspecified atom stereocenters. The van der Waals surface area contributed by atoms with Crippen molar-refractivity contribution in [1.82, 2.24) is 15.0 Å². The number of fused-ring (bicyclic) bond motifs is 1. The van der Waals surface area contributed by atoms with Crippen molar-refractivity contribution in [3.63, 3.8) is 0 Å². The van der Waals surface area contributed by atoms with E-state index in [1.165, 1.54) is 0 Å². The number of nitrogens with zero attached hydrogens (tertiary/aromatic N) is 3. The van der Waals surface area contributed by atoms with E-state index in [0.29, 0.717) is 17.9 Å². The van der Waals surface area contributed by atoms with E-state index in [9.17, 15) is 5.11 Å². The number of pyridine rings is 1. The Hall–Kier alpha value is -1.99. The Bertz CT molecular complexity index is 762. The zero-order valence-corrected chi connectivity index (χ0v) is 17.0. The Morgan fingerprint density at radius 2 is 1.93 bits per heavy atom. The summed E-state index contributed by atoms with van der Waals surface area (Å²) in [6, 6.07) is 0.309. The fourth-order valence-corrected chi connectivity index (χ4v) is 3.70. The third-order valence-electron chi connectivity index (χ3n) is 5.65. The summed E-state index contributed by atoms with van der Waals surface area (Å²) in [5.41, 5.74) is 2.10. The summed E-state index contributed by atoms with van der Waals surface area (Å²) in [6.07, 6.45) is 9.85. The van der Waals surface area contributed by atoms with Crippen molar-refractivity contribution in [3.8, 4) is 0 Å². The van der Waals surface area contributed by atoms with Gasteiger partial charge in [-0.25, -0.2) is 15.0 Å². The lowest BCUT2D eigenvalue weighted by Crippen LogP contribution is -2.18. The molecule has 1 aliphatic carbocycles. The molecule has 0 saturated heterocycles. The molecule has 2 aromatic heterocycles. The molecule has 7 nitrogen and oxygen atoms in total. The minimum Gasteiger partial charge on any atom is -0.396 e. The van der Waals surface area contributed by atoms with Crippen molar-refractivity contribution in [2.45, 2.75) is 76.9 Å². The molecule has 3 rings (SSSR count). The van der Waals surface area contributed by atoms with E-state index < -0.39 is 0 Å². The Kier molecular flexibility index (Phi) is 7.39. The SMILES string of the molecule is CC[C@H](C)Nc1ncc2c(NCCCCO)ncc(C3CCC(O)CC3)c2n1. The monoisotopic (exact) mass is 387 g/mol. The maximum atomic E-state index is 9.86. The van der Waals surface area contributed by atoms with Crippen LogP contribution in [0.3, 0.4) is 0 Å². The van der Waals surface area contributed by atoms with Gasteiger partial charge in [-0.1, -0.05) is 6.92 Å². The molecule has 0 radical (unpaired) electrons. The minimum absolute atomic E-state index is 0.180. The smallest absolute Gasteiger partial charge is 0.223 e. The first-order valence-electron chi connectivity index (χ1n) is 10.6. The van der Waals surface area contributed by atoms with Gasteiger partial charge < -0.3 is 20.8 Å². The third-order valence-corrected chi connectivity index (χ3v) is 5.65. The minimum atomic E-state index is -0.180. The molecule has 0 aromatic carbocycles. The molecule has 7 heteroatoms. The van der Waals surface area contributed by atoms with Gasteiger partial charge in [-0.2, -0.15) is 0 Å². The molecule has 0 aliphatic heterocycles. The Balaban J connectivity index is 1.92. The fourth-order valence-electron chi connectivity index (χ4n) is 3.70. The van der Waals surface area contributed by atoms with Crippen molar-refractivity contribution in [2.24, 2.45) is 0 Å². The zero-order chi connectivity index (χ0) is 19.9. The second-order valence-electron chi connectivity index (χ2n) is 7.83. The number of aliphatic hydroxyl groups is 2. The van der Waals surface area contributed by atoms with E-state index in [2.05, 4.69) is 34.4 Å². The lowest BCUT2D eigenvalue weighted by atomic mass is 9.82. The van der Waals surface area contributed by atoms with E-state index in [0.717, 1.165) is 73.8 Å². The first kappa shape index (κ1) is 20.7. The molecule has 2 heterocycles. The molecule has 1 saturated carbocycles. The molecule has 1 aliphatic rings. The van der Waals surface area contributed by atoms with Crippen LogP contribution in [0.4, 0.5) is 11.8 Å². The van der Waals surface area contributed by atoms with Crippen molar-refractivity contribution in [1.29, 1.82) is 0 Å². The fraction of sp³-hybridized carbons (Fsp3) is 0.667. The highest BCUT2D eigenvalue weighted by Gasteiger charge is 2.24. The molecule has 28 heavy (non-hydrogen) atoms. The zero-order valence-electron chi connectivity index (χ0n) is 17.0. The molecule has 0 spiro atoms. The second kappa shape index (κ2) is 9.98. The number of anilines is 2. The predicted octanol–water partition coefficient (Wildman–Crippen LogP) is 3.44. The summed E-state index contributed by atoms with van der Waals surface area (Å²) < 4.78 is 0. The number of unbranched alkanes of at least 4 members (excludes halogenated alkanes) is 1. The molecular formula is C21H33N5O2. The van der Waals surface area contributed by atoms with Crippen molar-refractivity contribution in [3.05, 3.63) is 18.0 Å². The van der Waals surface area contributed by atoms with Crippen LogP contribution in [0.1, 0.15) is 70.3 Å². The number of aliphatic hydroxyl groups excluding tert-OH is 2. The number of nitrogens with one attached hydrogen (secondary N) is 2. The first-order valence-corrected chi connectivity index (χ1v) is 10.6. The van der Waals surface area contributed by atoms with Crippen molar-refractivity contribution >= 4 is 22.7 Å². The third kappa shape index (κ3) is 5.08. The van der Waals surface area contributed by atoms with Gasteiger partial charge in [0.05, 0.1) is 17.0 Å². The van der Waals surface area contributed by atoms with Gasteiger partial charge in [0.25, 0.3) is 0 Å². The van der Waals surface area contributed by atoms with Crippen LogP contribution in [0, 0.1) is 0 Å². The first-order chi connectivity index (χ1) is 13.6. The van der Waals surface area contributed by atoms with Crippen molar-refractivity contribution in [2.75, 3.05) is 23.8 Å². The normalized spacial score (nSPS) is 20.9. The number of aromatic nitrogens is 3. The maximum absolute atomic E-state index is 9.86. The predicted molar refractivity (Wildman–Crippen MR) is 113 cm³/mol. The summed E-state index contributed by atoms with van der Waals surface area (Å²) in [6.45, 7) is 5.22. The van der Waals surface area contributed by atoms with E-state index in [1.54, 1.807) is 0 Å². The Morgan fingerprint density at radius 1 is 1.14 bits per heavy atom. The van der Waals surface area contributed by atoms with Crippen LogP contribution >= 0.6 is 0 Å². The highest BCUT2D eigenvalue weighted by atomic mass is 16.3. The summed E-state index contributed by atoms with van der Waals surface area (Å²) in [5.74, 6) is 1.81. The van der Waals surface area contributed by atoms with Gasteiger partial charge in [-0.05, 0) is 57.8 Å². The molecule has 0 amide bonds. The molecule has 154 valence electrons. The average Bonchev–Trinajstić information content (AvgIpc) is 2.71. The lowest BCUT2D eigenvalue weighted by Gasteiger charge is -2.26. The maximum Gasteiger partial charge on any atom is 0.223 e. The molecular weight excluding hydrogens is 354 g/mol. The standard InChI is InChI=1S/C21H33N5O2/c1-3-14(2)25-21-24-13-18-19(26-21)17(15-6-8-16(28)9-7-15)12-23-20(18)22-10-4-5-11-27/h12-16,27-28H,3-11H2,1-2H3,(H,22,23)(H,24,25,26)/t14-,15?,16?/m0/s1. The van der Waals surface area contributed by atoms with Crippen molar-refractivity contribution < 1.29 is 10.2 Å². The molecule has 1 atom stereocenters. The summed E-state index contributed by atoms with van der Waals surface area (Å²) in [5, 5.41) is 26.5. The van der Waals surface area contributed by atoms with Gasteiger partial charge in [0, 0.05) is 37.2 Å². The van der Waals surface area contributed by atoms with Gasteiger partial charge in [-0.3, -0.25) is 0 Å². The van der Waals surface area contributed by atoms with E-state index >= 15 is 0 Å². The van der Waals surface area contributed by atoms with Crippen LogP contribution < -0.4 is 10.6 Å². The van der Waals surface area contributed by atoms with Crippen LogP contribution in [-0.2, 0) is 0 Å². The van der Waals surface area contributed by atoms with E-state index in [-0.39, 0.29) is 12.7 Å². The molecule has 4 N–H and O–H groups in total.